The molecule has 154 valence electrons. The van der Waals surface area contributed by atoms with Crippen molar-refractivity contribution in [1.82, 2.24) is 25.3 Å². The number of halogens is 1. The molecular weight excluding hydrogens is 389 g/mol. The smallest absolute Gasteiger partial charge is 0.253 e. The quantitative estimate of drug-likeness (QED) is 0.486. The molecule has 2 aromatic heterocycles. The van der Waals surface area contributed by atoms with Crippen LogP contribution >= 0.6 is 0 Å². The predicted octanol–water partition coefficient (Wildman–Crippen LogP) is 1.60. The lowest BCUT2D eigenvalue weighted by Gasteiger charge is -2.32. The Labute approximate surface area is 171 Å². The van der Waals surface area contributed by atoms with E-state index in [1.165, 1.54) is 23.3 Å². The molecule has 0 saturated carbocycles. The van der Waals surface area contributed by atoms with Crippen LogP contribution in [0.5, 0.6) is 0 Å². The average molecular weight is 410 g/mol. The number of nitrogen functional groups attached to an aromatic ring is 1. The van der Waals surface area contributed by atoms with Crippen LogP contribution in [0.1, 0.15) is 10.4 Å². The third-order valence-electron chi connectivity index (χ3n) is 4.91. The van der Waals surface area contributed by atoms with Gasteiger partial charge in [0.15, 0.2) is 0 Å². The Hall–Kier alpha value is -3.82. The highest BCUT2D eigenvalue weighted by Crippen LogP contribution is 2.26. The molecule has 0 radical (unpaired) electrons. The zero-order valence-corrected chi connectivity index (χ0v) is 16.5. The van der Waals surface area contributed by atoms with Crippen LogP contribution in [0.3, 0.4) is 0 Å². The number of hydrogen-bond donors (Lipinski definition) is 2. The number of amides is 1. The number of benzene rings is 1. The van der Waals surface area contributed by atoms with Gasteiger partial charge in [-0.2, -0.15) is 0 Å². The van der Waals surface area contributed by atoms with Crippen molar-refractivity contribution in [3.8, 4) is 11.3 Å². The lowest BCUT2D eigenvalue weighted by molar-refractivity contribution is -0.832. The van der Waals surface area contributed by atoms with Crippen molar-refractivity contribution >= 4 is 22.6 Å². The van der Waals surface area contributed by atoms with E-state index < -0.39 is 0 Å². The number of rotatable bonds is 5. The fourth-order valence-electron chi connectivity index (χ4n) is 3.33. The molecule has 0 atom stereocenters. The summed E-state index contributed by atoms with van der Waals surface area (Å²) in [7, 11) is 3.30. The Kier molecular flexibility index (Phi) is 4.90. The number of carbonyl (C=O) groups excluding carboxylic acids is 1. The summed E-state index contributed by atoms with van der Waals surface area (Å²) in [6.45, 7) is 0.825. The maximum absolute atomic E-state index is 13.6. The molecule has 1 aromatic carbocycles. The molecule has 0 unspecified atom stereocenters. The van der Waals surface area contributed by atoms with Gasteiger partial charge in [-0.05, 0) is 24.3 Å². The summed E-state index contributed by atoms with van der Waals surface area (Å²) in [5, 5.41) is 6.43. The van der Waals surface area contributed by atoms with Gasteiger partial charge in [-0.25, -0.2) is 14.4 Å². The Morgan fingerprint density at radius 3 is 2.77 bits per heavy atom. The number of nitrogens with two attached hydrogens (primary N) is 1. The standard InChI is InChI=1S/C20H20FN7O2/c1-26(2)28(30)27-10-14(11-27)24-20(29)16-9-23-19(22)18-15(16)6-7-17(25-18)12-4-3-5-13(21)8-12/h3-9,14H,10-11H2,1-2H3,(H2-,22,23,24,29)/p+1. The summed E-state index contributed by atoms with van der Waals surface area (Å²) in [6.07, 6.45) is 1.41. The van der Waals surface area contributed by atoms with E-state index in [1.54, 1.807) is 43.4 Å². The highest BCUT2D eigenvalue weighted by Gasteiger charge is 2.39. The van der Waals surface area contributed by atoms with E-state index >= 15 is 0 Å². The van der Waals surface area contributed by atoms with Crippen LogP contribution in [-0.2, 0) is 0 Å². The first-order chi connectivity index (χ1) is 14.3. The van der Waals surface area contributed by atoms with Crippen molar-refractivity contribution in [1.29, 1.82) is 0 Å². The molecule has 3 heterocycles. The normalized spacial score (nSPS) is 13.8. The Morgan fingerprint density at radius 1 is 1.30 bits per heavy atom. The molecule has 0 aliphatic carbocycles. The Bertz CT molecular complexity index is 1150. The summed E-state index contributed by atoms with van der Waals surface area (Å²) < 4.78 is 13.6. The molecule has 0 bridgehead atoms. The molecule has 1 amide bonds. The first kappa shape index (κ1) is 19.5. The van der Waals surface area contributed by atoms with Crippen LogP contribution in [0.15, 0.2) is 42.6 Å². The number of nitrogens with zero attached hydrogens (tertiary/aromatic N) is 5. The molecular formula is C20H21FN7O2+. The molecule has 10 heteroatoms. The second-order valence-corrected chi connectivity index (χ2v) is 7.30. The largest absolute Gasteiger partial charge is 0.382 e. The number of hydrazine groups is 2. The van der Waals surface area contributed by atoms with E-state index in [4.69, 9.17) is 5.73 Å². The van der Waals surface area contributed by atoms with Crippen LogP contribution in [0.2, 0.25) is 0 Å². The molecule has 3 aromatic rings. The number of nitroso groups, excluding NO2 is 1. The fourth-order valence-corrected chi connectivity index (χ4v) is 3.33. The lowest BCUT2D eigenvalue weighted by atomic mass is 10.1. The molecule has 30 heavy (non-hydrogen) atoms. The average Bonchev–Trinajstić information content (AvgIpc) is 2.69. The van der Waals surface area contributed by atoms with Gasteiger partial charge in [-0.1, -0.05) is 12.1 Å². The van der Waals surface area contributed by atoms with Crippen LogP contribution in [-0.4, -0.2) is 64.1 Å². The van der Waals surface area contributed by atoms with Crippen LogP contribution < -0.4 is 11.1 Å². The van der Waals surface area contributed by atoms with E-state index in [9.17, 15) is 14.1 Å². The van der Waals surface area contributed by atoms with E-state index in [2.05, 4.69) is 15.3 Å². The van der Waals surface area contributed by atoms with Crippen molar-refractivity contribution in [3.05, 3.63) is 58.9 Å². The van der Waals surface area contributed by atoms with Crippen molar-refractivity contribution in [2.24, 2.45) is 0 Å². The summed E-state index contributed by atoms with van der Waals surface area (Å²) in [4.78, 5) is 34.0. The molecule has 4 rings (SSSR count). The van der Waals surface area contributed by atoms with Gasteiger partial charge in [0.2, 0.25) is 0 Å². The minimum Gasteiger partial charge on any atom is -0.382 e. The zero-order chi connectivity index (χ0) is 21.4. The third kappa shape index (κ3) is 3.59. The number of aromatic nitrogens is 2. The van der Waals surface area contributed by atoms with Gasteiger partial charge in [0, 0.05) is 17.1 Å². The van der Waals surface area contributed by atoms with Gasteiger partial charge in [0.1, 0.15) is 30.2 Å². The van der Waals surface area contributed by atoms with E-state index in [-0.39, 0.29) is 23.6 Å². The topological polar surface area (TPSA) is 107 Å². The first-order valence-electron chi connectivity index (χ1n) is 9.35. The van der Waals surface area contributed by atoms with Crippen molar-refractivity contribution in [3.63, 3.8) is 0 Å². The molecule has 0 spiro atoms. The molecule has 1 saturated heterocycles. The van der Waals surface area contributed by atoms with Crippen LogP contribution in [0.25, 0.3) is 22.2 Å². The maximum Gasteiger partial charge on any atom is 0.253 e. The highest BCUT2D eigenvalue weighted by molar-refractivity contribution is 6.08. The van der Waals surface area contributed by atoms with Gasteiger partial charge in [-0.15, -0.1) is 10.0 Å². The zero-order valence-electron chi connectivity index (χ0n) is 16.5. The van der Waals surface area contributed by atoms with Gasteiger partial charge >= 0.3 is 0 Å². The monoisotopic (exact) mass is 410 g/mol. The molecule has 3 N–H and O–H groups in total. The molecule has 1 aliphatic rings. The van der Waals surface area contributed by atoms with Crippen molar-refractivity contribution in [2.45, 2.75) is 6.04 Å². The number of pyridine rings is 2. The fraction of sp³-hybridized carbons (Fsp3) is 0.250. The minimum absolute atomic E-state index is 0.152. The first-order valence-corrected chi connectivity index (χ1v) is 9.35. The molecule has 1 aliphatic heterocycles. The second-order valence-electron chi connectivity index (χ2n) is 7.30. The summed E-state index contributed by atoms with van der Waals surface area (Å²) in [5.41, 5.74) is 7.83. The maximum atomic E-state index is 13.6. The number of fused-ring (bicyclic) bond motifs is 1. The number of carbonyl (C=O) groups is 1. The number of nitrogens with one attached hydrogen (secondary N) is 1. The van der Waals surface area contributed by atoms with Crippen LogP contribution in [0, 0.1) is 10.7 Å². The molecule has 1 fully saturated rings. The summed E-state index contributed by atoms with van der Waals surface area (Å²) in [6, 6.07) is 9.37. The predicted molar refractivity (Wildman–Crippen MR) is 109 cm³/mol. The SMILES string of the molecule is CN(C)[N+](=O)N1CC(NC(=O)c2cnc(N)c3nc(-c4cccc(F)c4)ccc23)C1. The van der Waals surface area contributed by atoms with Crippen molar-refractivity contribution in [2.75, 3.05) is 32.9 Å². The Balaban J connectivity index is 1.57. The number of hydrogen-bond acceptors (Lipinski definition) is 5. The van der Waals surface area contributed by atoms with Gasteiger partial charge < -0.3 is 11.1 Å². The minimum atomic E-state index is -0.367. The number of anilines is 1. The van der Waals surface area contributed by atoms with Gasteiger partial charge in [0.25, 0.3) is 10.9 Å². The van der Waals surface area contributed by atoms with Crippen molar-refractivity contribution < 1.29 is 14.2 Å². The molecule has 9 nitrogen and oxygen atoms in total. The van der Waals surface area contributed by atoms with E-state index in [1.807, 2.05) is 0 Å². The van der Waals surface area contributed by atoms with E-state index in [0.29, 0.717) is 40.8 Å². The third-order valence-corrected chi connectivity index (χ3v) is 4.91. The van der Waals surface area contributed by atoms with Gasteiger partial charge in [-0.3, -0.25) is 4.79 Å². The summed E-state index contributed by atoms with van der Waals surface area (Å²) in [5.74, 6) is -0.503. The Morgan fingerprint density at radius 2 is 2.07 bits per heavy atom. The highest BCUT2D eigenvalue weighted by atomic mass is 19.1. The second kappa shape index (κ2) is 7.54. The van der Waals surface area contributed by atoms with Gasteiger partial charge in [0.05, 0.1) is 36.3 Å². The van der Waals surface area contributed by atoms with E-state index in [0.717, 1.165) is 4.98 Å². The van der Waals surface area contributed by atoms with Crippen LogP contribution in [0.4, 0.5) is 10.2 Å². The summed E-state index contributed by atoms with van der Waals surface area (Å²) >= 11 is 0. The lowest BCUT2D eigenvalue weighted by Crippen LogP contribution is -2.63.